The molecule has 2 atom stereocenters. The lowest BCUT2D eigenvalue weighted by Crippen LogP contribution is -2.40. The van der Waals surface area contributed by atoms with Crippen molar-refractivity contribution in [3.05, 3.63) is 54.1 Å². The molecule has 0 aliphatic heterocycles. The molecule has 6 nitrogen and oxygen atoms in total. The molecule has 32 heavy (non-hydrogen) atoms. The Morgan fingerprint density at radius 2 is 1.75 bits per heavy atom. The monoisotopic (exact) mass is 431 g/mol. The van der Waals surface area contributed by atoms with E-state index in [1.807, 2.05) is 60.5 Å². The van der Waals surface area contributed by atoms with Crippen LogP contribution in [0.1, 0.15) is 55.3 Å². The van der Waals surface area contributed by atoms with E-state index in [9.17, 15) is 9.59 Å². The average Bonchev–Trinajstić information content (AvgIpc) is 3.58. The van der Waals surface area contributed by atoms with Crippen molar-refractivity contribution in [2.45, 2.75) is 57.0 Å². The summed E-state index contributed by atoms with van der Waals surface area (Å²) in [5, 5.41) is 3.23. The number of nitrogens with zero attached hydrogens (tertiary/aromatic N) is 2. The van der Waals surface area contributed by atoms with Gasteiger partial charge in [-0.25, -0.2) is 4.98 Å². The van der Waals surface area contributed by atoms with E-state index in [0.717, 1.165) is 61.6 Å². The molecular weight excluding hydrogens is 402 g/mol. The predicted molar refractivity (Wildman–Crippen MR) is 123 cm³/mol. The molecular formula is C26H29N3O3. The maximum atomic E-state index is 13.1. The quantitative estimate of drug-likeness (QED) is 0.630. The second-order valence-electron chi connectivity index (χ2n) is 9.13. The first-order valence-electron chi connectivity index (χ1n) is 11.6. The molecule has 5 rings (SSSR count). The van der Waals surface area contributed by atoms with Gasteiger partial charge in [0.1, 0.15) is 5.52 Å². The fraction of sp³-hybridized carbons (Fsp3) is 0.423. The number of benzene rings is 2. The minimum atomic E-state index is 0.00175. The Kier molecular flexibility index (Phi) is 5.68. The Hall–Kier alpha value is -3.15. The summed E-state index contributed by atoms with van der Waals surface area (Å²) in [4.78, 5) is 31.8. The van der Waals surface area contributed by atoms with Crippen LogP contribution in [-0.4, -0.2) is 40.8 Å². The van der Waals surface area contributed by atoms with Crippen molar-refractivity contribution in [3.8, 4) is 11.5 Å². The number of hydrogen-bond donors (Lipinski definition) is 1. The first-order valence-corrected chi connectivity index (χ1v) is 11.6. The van der Waals surface area contributed by atoms with Crippen molar-refractivity contribution in [2.24, 2.45) is 5.92 Å². The maximum Gasteiger partial charge on any atom is 0.253 e. The molecule has 2 saturated carbocycles. The summed E-state index contributed by atoms with van der Waals surface area (Å²) in [6, 6.07) is 15.4. The third-order valence-corrected chi connectivity index (χ3v) is 7.02. The fourth-order valence-electron chi connectivity index (χ4n) is 5.07. The molecule has 1 aromatic heterocycles. The standard InChI is InChI=1S/C26H29N3O3/c1-29(21-15-14-20(16-21)27-24(30)17-6-2-3-7-17)26(31)19-12-10-18(11-13-19)25-28-22-8-4-5-9-23(22)32-25/h4-5,8-13,17,20-21H,2-3,6-7,14-16H2,1H3,(H,27,30)/t20-,21+/m0/s1. The van der Waals surface area contributed by atoms with E-state index < -0.39 is 0 Å². The Bertz CT molecular complexity index is 1080. The highest BCUT2D eigenvalue weighted by molar-refractivity contribution is 5.94. The fourth-order valence-corrected chi connectivity index (χ4v) is 5.07. The zero-order chi connectivity index (χ0) is 22.1. The van der Waals surface area contributed by atoms with Crippen molar-refractivity contribution in [3.63, 3.8) is 0 Å². The van der Waals surface area contributed by atoms with Crippen molar-refractivity contribution >= 4 is 22.9 Å². The molecule has 0 bridgehead atoms. The molecule has 3 aromatic rings. The van der Waals surface area contributed by atoms with Crippen molar-refractivity contribution < 1.29 is 14.0 Å². The van der Waals surface area contributed by atoms with Gasteiger partial charge >= 0.3 is 0 Å². The molecule has 0 spiro atoms. The molecule has 2 fully saturated rings. The van der Waals surface area contributed by atoms with Crippen LogP contribution in [-0.2, 0) is 4.79 Å². The smallest absolute Gasteiger partial charge is 0.253 e. The Morgan fingerprint density at radius 1 is 1.00 bits per heavy atom. The molecule has 0 saturated heterocycles. The van der Waals surface area contributed by atoms with Gasteiger partial charge in [-0.2, -0.15) is 0 Å². The molecule has 1 N–H and O–H groups in total. The molecule has 6 heteroatoms. The van der Waals surface area contributed by atoms with E-state index in [0.29, 0.717) is 11.5 Å². The van der Waals surface area contributed by atoms with E-state index in [1.54, 1.807) is 0 Å². The van der Waals surface area contributed by atoms with Gasteiger partial charge in [-0.15, -0.1) is 0 Å². The lowest BCUT2D eigenvalue weighted by Gasteiger charge is -2.25. The molecule has 2 amide bonds. The lowest BCUT2D eigenvalue weighted by molar-refractivity contribution is -0.125. The lowest BCUT2D eigenvalue weighted by atomic mass is 10.1. The van der Waals surface area contributed by atoms with Gasteiger partial charge in [-0.05, 0) is 68.5 Å². The topological polar surface area (TPSA) is 75.4 Å². The van der Waals surface area contributed by atoms with Gasteiger partial charge in [0.15, 0.2) is 5.58 Å². The molecule has 166 valence electrons. The average molecular weight is 432 g/mol. The summed E-state index contributed by atoms with van der Waals surface area (Å²) in [5.41, 5.74) is 3.05. The van der Waals surface area contributed by atoms with Crippen LogP contribution in [0.3, 0.4) is 0 Å². The number of amides is 2. The third-order valence-electron chi connectivity index (χ3n) is 7.02. The number of rotatable bonds is 5. The Balaban J connectivity index is 1.20. The highest BCUT2D eigenvalue weighted by atomic mass is 16.3. The summed E-state index contributed by atoms with van der Waals surface area (Å²) in [5.74, 6) is 0.946. The first-order chi connectivity index (χ1) is 15.6. The van der Waals surface area contributed by atoms with Gasteiger partial charge in [-0.1, -0.05) is 25.0 Å². The van der Waals surface area contributed by atoms with E-state index in [-0.39, 0.29) is 29.8 Å². The minimum absolute atomic E-state index is 0.00175. The Labute approximate surface area is 188 Å². The van der Waals surface area contributed by atoms with Gasteiger partial charge < -0.3 is 14.6 Å². The van der Waals surface area contributed by atoms with Crippen LogP contribution in [0.4, 0.5) is 0 Å². The highest BCUT2D eigenvalue weighted by Crippen LogP contribution is 2.29. The van der Waals surface area contributed by atoms with E-state index in [1.165, 1.54) is 0 Å². The van der Waals surface area contributed by atoms with Crippen molar-refractivity contribution in [2.75, 3.05) is 7.05 Å². The highest BCUT2D eigenvalue weighted by Gasteiger charge is 2.33. The van der Waals surface area contributed by atoms with Crippen LogP contribution in [0.25, 0.3) is 22.6 Å². The molecule has 0 unspecified atom stereocenters. The van der Waals surface area contributed by atoms with E-state index >= 15 is 0 Å². The third kappa shape index (κ3) is 4.14. The second-order valence-corrected chi connectivity index (χ2v) is 9.13. The van der Waals surface area contributed by atoms with Crippen molar-refractivity contribution in [1.29, 1.82) is 0 Å². The minimum Gasteiger partial charge on any atom is -0.436 e. The summed E-state index contributed by atoms with van der Waals surface area (Å²) < 4.78 is 5.82. The van der Waals surface area contributed by atoms with Gasteiger partial charge in [-0.3, -0.25) is 9.59 Å². The van der Waals surface area contributed by atoms with E-state index in [4.69, 9.17) is 4.42 Å². The van der Waals surface area contributed by atoms with Gasteiger partial charge in [0.2, 0.25) is 11.8 Å². The molecule has 0 radical (unpaired) electrons. The predicted octanol–water partition coefficient (Wildman–Crippen LogP) is 4.79. The second kappa shape index (κ2) is 8.77. The summed E-state index contributed by atoms with van der Waals surface area (Å²) >= 11 is 0. The number of nitrogens with one attached hydrogen (secondary N) is 1. The number of carbonyl (C=O) groups excluding carboxylic acids is 2. The Morgan fingerprint density at radius 3 is 2.50 bits per heavy atom. The number of carbonyl (C=O) groups is 2. The summed E-state index contributed by atoms with van der Waals surface area (Å²) in [6.07, 6.45) is 7.01. The number of hydrogen-bond acceptors (Lipinski definition) is 4. The SMILES string of the molecule is CN(C(=O)c1ccc(-c2nc3ccccc3o2)cc1)[C@@H]1CC[C@H](NC(=O)C2CCCC2)C1. The molecule has 2 aromatic carbocycles. The number of aromatic nitrogens is 1. The normalized spacial score (nSPS) is 21.2. The zero-order valence-electron chi connectivity index (χ0n) is 18.4. The summed E-state index contributed by atoms with van der Waals surface area (Å²) in [6.45, 7) is 0. The van der Waals surface area contributed by atoms with Crippen molar-refractivity contribution in [1.82, 2.24) is 15.2 Å². The van der Waals surface area contributed by atoms with E-state index in [2.05, 4.69) is 10.3 Å². The van der Waals surface area contributed by atoms with Gasteiger partial charge in [0, 0.05) is 36.2 Å². The van der Waals surface area contributed by atoms with Crippen LogP contribution in [0, 0.1) is 5.92 Å². The number of fused-ring (bicyclic) bond motifs is 1. The molecule has 1 heterocycles. The maximum absolute atomic E-state index is 13.1. The summed E-state index contributed by atoms with van der Waals surface area (Å²) in [7, 11) is 1.86. The van der Waals surface area contributed by atoms with Crippen LogP contribution < -0.4 is 5.32 Å². The van der Waals surface area contributed by atoms with Gasteiger partial charge in [0.25, 0.3) is 5.91 Å². The molecule has 2 aliphatic carbocycles. The number of para-hydroxylation sites is 2. The van der Waals surface area contributed by atoms with Crippen LogP contribution in [0.15, 0.2) is 52.9 Å². The first kappa shape index (κ1) is 20.7. The van der Waals surface area contributed by atoms with Crippen LogP contribution in [0.2, 0.25) is 0 Å². The number of oxazole rings is 1. The van der Waals surface area contributed by atoms with Crippen LogP contribution >= 0.6 is 0 Å². The zero-order valence-corrected chi connectivity index (χ0v) is 18.4. The van der Waals surface area contributed by atoms with Crippen LogP contribution in [0.5, 0.6) is 0 Å². The molecule has 2 aliphatic rings. The largest absolute Gasteiger partial charge is 0.436 e. The van der Waals surface area contributed by atoms with Gasteiger partial charge in [0.05, 0.1) is 0 Å².